The normalized spacial score (nSPS) is 15.4. The molecular formula is C20H16N4O5. The van der Waals surface area contributed by atoms with E-state index in [1.165, 1.54) is 6.26 Å². The van der Waals surface area contributed by atoms with Gasteiger partial charge in [-0.25, -0.2) is 0 Å². The zero-order valence-corrected chi connectivity index (χ0v) is 15.3. The summed E-state index contributed by atoms with van der Waals surface area (Å²) in [6.45, 7) is 2.21. The number of benzene rings is 1. The van der Waals surface area contributed by atoms with Crippen LogP contribution in [0.1, 0.15) is 16.1 Å². The lowest BCUT2D eigenvalue weighted by Gasteiger charge is -2.34. The van der Waals surface area contributed by atoms with Crippen molar-refractivity contribution in [3.8, 4) is 29.2 Å². The van der Waals surface area contributed by atoms with Gasteiger partial charge in [-0.3, -0.25) is 4.79 Å². The van der Waals surface area contributed by atoms with Crippen molar-refractivity contribution in [2.75, 3.05) is 37.9 Å². The number of anilines is 1. The first-order valence-electron chi connectivity index (χ1n) is 9.11. The van der Waals surface area contributed by atoms with Crippen molar-refractivity contribution in [1.29, 1.82) is 5.26 Å². The molecule has 2 aromatic heterocycles. The highest BCUT2D eigenvalue weighted by atomic mass is 16.7. The van der Waals surface area contributed by atoms with Crippen LogP contribution in [0.3, 0.4) is 0 Å². The Morgan fingerprint density at radius 3 is 2.69 bits per heavy atom. The molecule has 29 heavy (non-hydrogen) atoms. The molecule has 1 saturated heterocycles. The van der Waals surface area contributed by atoms with Crippen LogP contribution in [0.5, 0.6) is 11.5 Å². The maximum atomic E-state index is 12.8. The number of furan rings is 1. The lowest BCUT2D eigenvalue weighted by atomic mass is 10.1. The van der Waals surface area contributed by atoms with Crippen molar-refractivity contribution in [2.45, 2.75) is 0 Å². The molecule has 5 rings (SSSR count). The molecule has 9 heteroatoms. The summed E-state index contributed by atoms with van der Waals surface area (Å²) in [4.78, 5) is 20.7. The summed E-state index contributed by atoms with van der Waals surface area (Å²) in [5.41, 5.74) is 0.757. The van der Waals surface area contributed by atoms with Gasteiger partial charge in [0.15, 0.2) is 17.3 Å². The molecule has 3 aromatic rings. The second kappa shape index (κ2) is 6.91. The van der Waals surface area contributed by atoms with Crippen molar-refractivity contribution in [1.82, 2.24) is 9.88 Å². The number of rotatable bonds is 3. The molecule has 0 radical (unpaired) electrons. The van der Waals surface area contributed by atoms with Crippen LogP contribution in [0.15, 0.2) is 45.4 Å². The van der Waals surface area contributed by atoms with E-state index in [1.54, 1.807) is 35.2 Å². The molecule has 1 fully saturated rings. The summed E-state index contributed by atoms with van der Waals surface area (Å²) in [6, 6.07) is 10.7. The Hall–Kier alpha value is -3.93. The van der Waals surface area contributed by atoms with Crippen LogP contribution >= 0.6 is 0 Å². The highest BCUT2D eigenvalue weighted by Crippen LogP contribution is 2.33. The van der Waals surface area contributed by atoms with E-state index < -0.39 is 0 Å². The van der Waals surface area contributed by atoms with E-state index in [9.17, 15) is 10.1 Å². The standard InChI is InChI=1S/C20H16N4O5/c21-11-14-20(29-18(22-14)16-2-1-9-26-16)24-7-5-23(6-8-24)19(25)13-3-4-15-17(10-13)28-12-27-15/h1-4,9-10H,5-8,12H2. The number of nitriles is 1. The van der Waals surface area contributed by atoms with Gasteiger partial charge in [-0.15, -0.1) is 0 Å². The second-order valence-electron chi connectivity index (χ2n) is 6.61. The maximum absolute atomic E-state index is 12.8. The smallest absolute Gasteiger partial charge is 0.266 e. The molecule has 0 unspecified atom stereocenters. The molecule has 146 valence electrons. The molecule has 1 amide bonds. The van der Waals surface area contributed by atoms with Crippen LogP contribution in [0.2, 0.25) is 0 Å². The number of amides is 1. The molecule has 4 heterocycles. The van der Waals surface area contributed by atoms with E-state index in [1.807, 2.05) is 4.90 Å². The molecule has 0 N–H and O–H groups in total. The van der Waals surface area contributed by atoms with Crippen LogP contribution in [-0.2, 0) is 0 Å². The fraction of sp³-hybridized carbons (Fsp3) is 0.250. The Morgan fingerprint density at radius 1 is 1.10 bits per heavy atom. The van der Waals surface area contributed by atoms with Gasteiger partial charge in [0.1, 0.15) is 6.07 Å². The van der Waals surface area contributed by atoms with Crippen molar-refractivity contribution in [2.24, 2.45) is 0 Å². The number of carbonyl (C=O) groups is 1. The van der Waals surface area contributed by atoms with Crippen molar-refractivity contribution >= 4 is 11.8 Å². The Bertz CT molecular complexity index is 1090. The monoisotopic (exact) mass is 392 g/mol. The van der Waals surface area contributed by atoms with Crippen LogP contribution in [-0.4, -0.2) is 48.8 Å². The zero-order chi connectivity index (χ0) is 19.8. The van der Waals surface area contributed by atoms with E-state index >= 15 is 0 Å². The van der Waals surface area contributed by atoms with Gasteiger partial charge in [0.25, 0.3) is 11.8 Å². The third-order valence-corrected chi connectivity index (χ3v) is 4.92. The number of piperazine rings is 1. The van der Waals surface area contributed by atoms with Crippen LogP contribution in [0.4, 0.5) is 5.88 Å². The second-order valence-corrected chi connectivity index (χ2v) is 6.61. The first kappa shape index (κ1) is 17.2. The summed E-state index contributed by atoms with van der Waals surface area (Å²) in [5.74, 6) is 2.28. The minimum Gasteiger partial charge on any atom is -0.459 e. The lowest BCUT2D eigenvalue weighted by Crippen LogP contribution is -2.48. The number of ether oxygens (including phenoxy) is 2. The summed E-state index contributed by atoms with van der Waals surface area (Å²) in [5, 5.41) is 9.41. The van der Waals surface area contributed by atoms with Gasteiger partial charge in [-0.2, -0.15) is 10.2 Å². The predicted octanol–water partition coefficient (Wildman–Crippen LogP) is 2.50. The minimum atomic E-state index is -0.0719. The van der Waals surface area contributed by atoms with Crippen molar-refractivity contribution < 1.29 is 23.1 Å². The SMILES string of the molecule is N#Cc1nc(-c2ccco2)oc1N1CCN(C(=O)c2ccc3c(c2)OCO3)CC1. The Morgan fingerprint density at radius 2 is 1.93 bits per heavy atom. The first-order valence-corrected chi connectivity index (χ1v) is 9.11. The molecule has 0 saturated carbocycles. The molecule has 2 aliphatic heterocycles. The molecule has 0 atom stereocenters. The van der Waals surface area contributed by atoms with Crippen molar-refractivity contribution in [3.63, 3.8) is 0 Å². The first-order chi connectivity index (χ1) is 14.2. The summed E-state index contributed by atoms with van der Waals surface area (Å²) in [6.07, 6.45) is 1.52. The molecule has 0 aliphatic carbocycles. The lowest BCUT2D eigenvalue weighted by molar-refractivity contribution is 0.0745. The largest absolute Gasteiger partial charge is 0.459 e. The van der Waals surface area contributed by atoms with E-state index in [0.29, 0.717) is 54.9 Å². The number of oxazole rings is 1. The van der Waals surface area contributed by atoms with Crippen LogP contribution < -0.4 is 14.4 Å². The van der Waals surface area contributed by atoms with Gasteiger partial charge >= 0.3 is 0 Å². The summed E-state index contributed by atoms with van der Waals surface area (Å²) in [7, 11) is 0. The molecule has 0 spiro atoms. The van der Waals surface area contributed by atoms with E-state index in [-0.39, 0.29) is 24.3 Å². The zero-order valence-electron chi connectivity index (χ0n) is 15.3. The van der Waals surface area contributed by atoms with E-state index in [0.717, 1.165) is 0 Å². The molecular weight excluding hydrogens is 376 g/mol. The fourth-order valence-corrected chi connectivity index (χ4v) is 3.43. The predicted molar refractivity (Wildman–Crippen MR) is 99.6 cm³/mol. The van der Waals surface area contributed by atoms with E-state index in [2.05, 4.69) is 11.1 Å². The van der Waals surface area contributed by atoms with Crippen LogP contribution in [0, 0.1) is 11.3 Å². The van der Waals surface area contributed by atoms with Crippen LogP contribution in [0.25, 0.3) is 11.7 Å². The summed E-state index contributed by atoms with van der Waals surface area (Å²) < 4.78 is 21.7. The Labute approximate surface area is 165 Å². The van der Waals surface area contributed by atoms with E-state index in [4.69, 9.17) is 18.3 Å². The number of nitrogens with zero attached hydrogens (tertiary/aromatic N) is 4. The minimum absolute atomic E-state index is 0.0719. The van der Waals surface area contributed by atoms with Gasteiger partial charge in [0, 0.05) is 31.7 Å². The topological polar surface area (TPSA) is 105 Å². The number of aromatic nitrogens is 1. The van der Waals surface area contributed by atoms with Gasteiger partial charge < -0.3 is 28.1 Å². The average Bonchev–Trinajstić information content (AvgIpc) is 3.52. The van der Waals surface area contributed by atoms with Crippen molar-refractivity contribution in [3.05, 3.63) is 47.9 Å². The Balaban J connectivity index is 1.29. The number of fused-ring (bicyclic) bond motifs is 1. The molecule has 1 aromatic carbocycles. The highest BCUT2D eigenvalue weighted by molar-refractivity contribution is 5.95. The van der Waals surface area contributed by atoms with Gasteiger partial charge in [-0.05, 0) is 30.3 Å². The van der Waals surface area contributed by atoms with Gasteiger partial charge in [-0.1, -0.05) is 0 Å². The third-order valence-electron chi connectivity index (χ3n) is 4.92. The molecule has 0 bridgehead atoms. The van der Waals surface area contributed by atoms with Gasteiger partial charge in [0.2, 0.25) is 18.4 Å². The Kier molecular flexibility index (Phi) is 4.09. The number of carbonyl (C=O) groups excluding carboxylic acids is 1. The average molecular weight is 392 g/mol. The number of hydrogen-bond acceptors (Lipinski definition) is 8. The number of hydrogen-bond donors (Lipinski definition) is 0. The summed E-state index contributed by atoms with van der Waals surface area (Å²) >= 11 is 0. The maximum Gasteiger partial charge on any atom is 0.266 e. The molecule has 2 aliphatic rings. The quantitative estimate of drug-likeness (QED) is 0.669. The highest BCUT2D eigenvalue weighted by Gasteiger charge is 2.28. The molecule has 9 nitrogen and oxygen atoms in total. The van der Waals surface area contributed by atoms with Gasteiger partial charge in [0.05, 0.1) is 6.26 Å². The third kappa shape index (κ3) is 3.04. The fourth-order valence-electron chi connectivity index (χ4n) is 3.43.